The van der Waals surface area contributed by atoms with E-state index in [4.69, 9.17) is 16.3 Å². The van der Waals surface area contributed by atoms with Gasteiger partial charge in [0.1, 0.15) is 11.8 Å². The van der Waals surface area contributed by atoms with Crippen LogP contribution >= 0.6 is 11.6 Å². The van der Waals surface area contributed by atoms with Crippen molar-refractivity contribution in [2.24, 2.45) is 0 Å². The standard InChI is InChI=1S/C20H19ClN2O5/c1-11(17(24)22-14-7-5-13(21)6-8-14)23-15-9-4-12(18(25)26)10-16(15)28-20(2,3)19(23)27/h4-11H,1-3H3,(H,22,24)(H,25,26). The van der Waals surface area contributed by atoms with E-state index in [0.717, 1.165) is 0 Å². The van der Waals surface area contributed by atoms with E-state index in [1.54, 1.807) is 45.0 Å². The number of halogens is 1. The van der Waals surface area contributed by atoms with Crippen LogP contribution < -0.4 is 15.0 Å². The molecular formula is C20H19ClN2O5. The lowest BCUT2D eigenvalue weighted by Crippen LogP contribution is -2.57. The number of aromatic carboxylic acids is 1. The van der Waals surface area contributed by atoms with E-state index in [2.05, 4.69) is 5.32 Å². The summed E-state index contributed by atoms with van der Waals surface area (Å²) < 4.78 is 5.71. The smallest absolute Gasteiger partial charge is 0.335 e. The Balaban J connectivity index is 1.95. The number of fused-ring (bicyclic) bond motifs is 1. The van der Waals surface area contributed by atoms with Crippen molar-refractivity contribution in [3.8, 4) is 5.75 Å². The fourth-order valence-electron chi connectivity index (χ4n) is 2.93. The number of benzene rings is 2. The zero-order valence-corrected chi connectivity index (χ0v) is 16.3. The lowest BCUT2D eigenvalue weighted by atomic mass is 10.0. The number of carbonyl (C=O) groups is 3. The highest BCUT2D eigenvalue weighted by Gasteiger charge is 2.44. The molecule has 0 spiro atoms. The summed E-state index contributed by atoms with van der Waals surface area (Å²) in [6, 6.07) is 9.94. The summed E-state index contributed by atoms with van der Waals surface area (Å²) in [6.07, 6.45) is 0. The van der Waals surface area contributed by atoms with Gasteiger partial charge in [0.05, 0.1) is 11.3 Å². The molecular weight excluding hydrogens is 384 g/mol. The van der Waals surface area contributed by atoms with Crippen LogP contribution in [0.1, 0.15) is 31.1 Å². The van der Waals surface area contributed by atoms with Crippen molar-refractivity contribution in [3.63, 3.8) is 0 Å². The van der Waals surface area contributed by atoms with Crippen molar-refractivity contribution in [3.05, 3.63) is 53.1 Å². The van der Waals surface area contributed by atoms with Crippen LogP contribution in [0.2, 0.25) is 5.02 Å². The minimum Gasteiger partial charge on any atom is -0.478 e. The van der Waals surface area contributed by atoms with Crippen molar-refractivity contribution in [1.82, 2.24) is 0 Å². The van der Waals surface area contributed by atoms with Gasteiger partial charge in [0.15, 0.2) is 5.60 Å². The fourth-order valence-corrected chi connectivity index (χ4v) is 3.05. The van der Waals surface area contributed by atoms with Crippen LogP contribution in [0.5, 0.6) is 5.75 Å². The molecule has 0 saturated heterocycles. The molecule has 28 heavy (non-hydrogen) atoms. The zero-order chi connectivity index (χ0) is 20.6. The van der Waals surface area contributed by atoms with Gasteiger partial charge in [-0.1, -0.05) is 11.6 Å². The van der Waals surface area contributed by atoms with E-state index in [1.165, 1.54) is 23.1 Å². The third-order valence-corrected chi connectivity index (χ3v) is 4.70. The SMILES string of the molecule is CC(C(=O)Nc1ccc(Cl)cc1)N1C(=O)C(C)(C)Oc2cc(C(=O)O)ccc21. The first-order valence-electron chi connectivity index (χ1n) is 8.56. The first-order valence-corrected chi connectivity index (χ1v) is 8.94. The number of carboxylic acid groups (broad SMARTS) is 1. The second-order valence-corrected chi connectivity index (χ2v) is 7.38. The van der Waals surface area contributed by atoms with E-state index in [0.29, 0.717) is 16.4 Å². The molecule has 7 nitrogen and oxygen atoms in total. The quantitative estimate of drug-likeness (QED) is 0.815. The summed E-state index contributed by atoms with van der Waals surface area (Å²) in [5.74, 6) is -1.68. The highest BCUT2D eigenvalue weighted by atomic mass is 35.5. The molecule has 0 radical (unpaired) electrons. The molecule has 0 saturated carbocycles. The van der Waals surface area contributed by atoms with Gasteiger partial charge in [-0.3, -0.25) is 14.5 Å². The predicted octanol–water partition coefficient (Wildman–Crippen LogP) is 3.57. The number of anilines is 2. The lowest BCUT2D eigenvalue weighted by Gasteiger charge is -2.41. The first-order chi connectivity index (χ1) is 13.1. The van der Waals surface area contributed by atoms with Gasteiger partial charge in [-0.05, 0) is 63.2 Å². The van der Waals surface area contributed by atoms with Crippen LogP contribution in [0.3, 0.4) is 0 Å². The average Bonchev–Trinajstić information content (AvgIpc) is 2.63. The molecule has 0 bridgehead atoms. The summed E-state index contributed by atoms with van der Waals surface area (Å²) in [7, 11) is 0. The minimum absolute atomic E-state index is 0.0297. The van der Waals surface area contributed by atoms with Crippen molar-refractivity contribution >= 4 is 40.8 Å². The maximum atomic E-state index is 13.0. The van der Waals surface area contributed by atoms with Gasteiger partial charge in [-0.25, -0.2) is 4.79 Å². The van der Waals surface area contributed by atoms with E-state index in [9.17, 15) is 19.5 Å². The number of carbonyl (C=O) groups excluding carboxylic acids is 2. The van der Waals surface area contributed by atoms with Crippen LogP contribution in [0, 0.1) is 0 Å². The summed E-state index contributed by atoms with van der Waals surface area (Å²) >= 11 is 5.85. The first kappa shape index (κ1) is 19.7. The molecule has 1 heterocycles. The molecule has 2 amide bonds. The molecule has 0 aliphatic carbocycles. The van der Waals surface area contributed by atoms with Gasteiger partial charge < -0.3 is 15.2 Å². The van der Waals surface area contributed by atoms with Gasteiger partial charge in [0.25, 0.3) is 5.91 Å². The van der Waals surface area contributed by atoms with E-state index in [-0.39, 0.29) is 11.3 Å². The normalized spacial score (nSPS) is 16.0. The number of hydrogen-bond donors (Lipinski definition) is 2. The van der Waals surface area contributed by atoms with E-state index >= 15 is 0 Å². The van der Waals surface area contributed by atoms with Gasteiger partial charge in [-0.15, -0.1) is 0 Å². The molecule has 2 aromatic carbocycles. The van der Waals surface area contributed by atoms with Gasteiger partial charge in [0.2, 0.25) is 5.91 Å². The third kappa shape index (κ3) is 3.66. The Kier molecular flexibility index (Phi) is 5.04. The largest absolute Gasteiger partial charge is 0.478 e. The number of hydrogen-bond acceptors (Lipinski definition) is 4. The molecule has 0 fully saturated rings. The number of nitrogens with one attached hydrogen (secondary N) is 1. The average molecular weight is 403 g/mol. The lowest BCUT2D eigenvalue weighted by molar-refractivity contribution is -0.134. The van der Waals surface area contributed by atoms with Gasteiger partial charge >= 0.3 is 5.97 Å². The number of amides is 2. The molecule has 1 aliphatic rings. The fraction of sp³-hybridized carbons (Fsp3) is 0.250. The number of rotatable bonds is 4. The summed E-state index contributed by atoms with van der Waals surface area (Å²) in [4.78, 5) is 38.3. The van der Waals surface area contributed by atoms with Crippen LogP contribution in [-0.2, 0) is 9.59 Å². The topological polar surface area (TPSA) is 95.9 Å². The maximum absolute atomic E-state index is 13.0. The molecule has 2 aromatic rings. The summed E-state index contributed by atoms with van der Waals surface area (Å²) in [5.41, 5.74) is -0.336. The Hall–Kier alpha value is -3.06. The number of ether oxygens (including phenoxy) is 1. The van der Waals surface area contributed by atoms with Gasteiger partial charge in [-0.2, -0.15) is 0 Å². The van der Waals surface area contributed by atoms with Crippen molar-refractivity contribution in [1.29, 1.82) is 0 Å². The Bertz CT molecular complexity index is 956. The molecule has 1 aliphatic heterocycles. The maximum Gasteiger partial charge on any atom is 0.335 e. The monoisotopic (exact) mass is 402 g/mol. The molecule has 1 unspecified atom stereocenters. The number of carboxylic acids is 1. The Morgan fingerprint density at radius 3 is 2.43 bits per heavy atom. The molecule has 8 heteroatoms. The van der Waals surface area contributed by atoms with E-state index in [1.807, 2.05) is 0 Å². The number of nitrogens with zero attached hydrogens (tertiary/aromatic N) is 1. The summed E-state index contributed by atoms with van der Waals surface area (Å²) in [6.45, 7) is 4.74. The minimum atomic E-state index is -1.25. The Labute approximate surface area is 166 Å². The highest BCUT2D eigenvalue weighted by molar-refractivity contribution is 6.30. The van der Waals surface area contributed by atoms with Crippen LogP contribution in [0.15, 0.2) is 42.5 Å². The van der Waals surface area contributed by atoms with Crippen LogP contribution in [-0.4, -0.2) is 34.5 Å². The molecule has 146 valence electrons. The molecule has 0 aromatic heterocycles. The van der Waals surface area contributed by atoms with Crippen molar-refractivity contribution in [2.45, 2.75) is 32.4 Å². The second-order valence-electron chi connectivity index (χ2n) is 6.95. The molecule has 3 rings (SSSR count). The highest BCUT2D eigenvalue weighted by Crippen LogP contribution is 2.39. The van der Waals surface area contributed by atoms with Crippen molar-refractivity contribution < 1.29 is 24.2 Å². The molecule has 2 N–H and O–H groups in total. The zero-order valence-electron chi connectivity index (χ0n) is 15.5. The third-order valence-electron chi connectivity index (χ3n) is 4.44. The summed E-state index contributed by atoms with van der Waals surface area (Å²) in [5, 5.41) is 12.5. The predicted molar refractivity (Wildman–Crippen MR) is 105 cm³/mol. The van der Waals surface area contributed by atoms with E-state index < -0.39 is 29.4 Å². The van der Waals surface area contributed by atoms with Crippen molar-refractivity contribution in [2.75, 3.05) is 10.2 Å². The molecule has 1 atom stereocenters. The Morgan fingerprint density at radius 1 is 1.18 bits per heavy atom. The van der Waals surface area contributed by atoms with Crippen LogP contribution in [0.25, 0.3) is 0 Å². The second kappa shape index (κ2) is 7.16. The Morgan fingerprint density at radius 2 is 1.82 bits per heavy atom. The van der Waals surface area contributed by atoms with Crippen LogP contribution in [0.4, 0.5) is 11.4 Å². The van der Waals surface area contributed by atoms with Gasteiger partial charge in [0, 0.05) is 10.7 Å².